The first kappa shape index (κ1) is 39.3. The highest BCUT2D eigenvalue weighted by Crippen LogP contribution is 2.34. The molecule has 0 radical (unpaired) electrons. The molecule has 0 bridgehead atoms. The topological polar surface area (TPSA) is 166 Å². The molecule has 2 aliphatic heterocycles. The summed E-state index contributed by atoms with van der Waals surface area (Å²) in [6, 6.07) is 3.66. The van der Waals surface area contributed by atoms with E-state index in [1.165, 1.54) is 22.5 Å². The van der Waals surface area contributed by atoms with Gasteiger partial charge in [-0.3, -0.25) is 14.4 Å². The highest BCUT2D eigenvalue weighted by molar-refractivity contribution is 6.33. The Morgan fingerprint density at radius 3 is 2.62 bits per heavy atom. The molecule has 3 atom stereocenters. The lowest BCUT2D eigenvalue weighted by Gasteiger charge is -2.36. The number of benzene rings is 1. The second-order valence-corrected chi connectivity index (χ2v) is 12.4. The first-order chi connectivity index (χ1) is 25.2. The maximum atomic E-state index is 15.6. The van der Waals surface area contributed by atoms with Gasteiger partial charge >= 0.3 is 6.18 Å². The minimum atomic E-state index is -4.65. The molecule has 4 aromatic rings. The Morgan fingerprint density at radius 1 is 1.21 bits per heavy atom. The fourth-order valence-corrected chi connectivity index (χ4v) is 6.05. The van der Waals surface area contributed by atoms with Gasteiger partial charge in [0.1, 0.15) is 19.0 Å². The molecule has 2 unspecified atom stereocenters. The van der Waals surface area contributed by atoms with E-state index in [9.17, 15) is 32.7 Å². The molecular weight excluding hydrogens is 728 g/mol. The SMILES string of the molecule is CC.Cc1ncnc(C(=O)N2CCC(O[C@H](C)c3cc(=O)n4nc(C5=CCOCC5)nc4n3CC(=O)Nc3ccc(C(F)(F)F)cc3Cl)C(F)C2)c1O. The number of fused-ring (bicyclic) bond motifs is 1. The molecule has 2 amide bonds. The molecule has 5 heterocycles. The first-order valence-electron chi connectivity index (χ1n) is 16.7. The Kier molecular flexibility index (Phi) is 12.1. The molecule has 0 saturated carbocycles. The minimum absolute atomic E-state index is 0.0406. The first-order valence-corrected chi connectivity index (χ1v) is 17.1. The number of aromatic hydroxyl groups is 1. The molecule has 2 N–H and O–H groups in total. The van der Waals surface area contributed by atoms with Gasteiger partial charge in [-0.1, -0.05) is 31.5 Å². The summed E-state index contributed by atoms with van der Waals surface area (Å²) in [7, 11) is 0. The number of likely N-dealkylation sites (tertiary alicyclic amines) is 1. The molecule has 14 nitrogen and oxygen atoms in total. The Hall–Kier alpha value is -4.94. The Morgan fingerprint density at radius 2 is 1.96 bits per heavy atom. The number of aromatic nitrogens is 6. The van der Waals surface area contributed by atoms with E-state index >= 15 is 4.39 Å². The summed E-state index contributed by atoms with van der Waals surface area (Å²) < 4.78 is 68.9. The van der Waals surface area contributed by atoms with Crippen LogP contribution in [-0.4, -0.2) is 89.5 Å². The highest BCUT2D eigenvalue weighted by Gasteiger charge is 2.36. The van der Waals surface area contributed by atoms with Gasteiger partial charge in [-0.15, -0.1) is 5.10 Å². The molecule has 0 aliphatic carbocycles. The third-order valence-corrected chi connectivity index (χ3v) is 8.83. The second kappa shape index (κ2) is 16.4. The van der Waals surface area contributed by atoms with Gasteiger partial charge in [-0.05, 0) is 50.5 Å². The number of alkyl halides is 4. The zero-order valence-electron chi connectivity index (χ0n) is 29.2. The molecule has 3 aromatic heterocycles. The summed E-state index contributed by atoms with van der Waals surface area (Å²) in [6.45, 7) is 6.96. The van der Waals surface area contributed by atoms with Crippen LogP contribution in [0.4, 0.5) is 23.2 Å². The lowest BCUT2D eigenvalue weighted by Crippen LogP contribution is -2.48. The number of hydrogen-bond acceptors (Lipinski definition) is 10. The third-order valence-electron chi connectivity index (χ3n) is 8.52. The average Bonchev–Trinajstić information content (AvgIpc) is 3.59. The molecule has 1 fully saturated rings. The van der Waals surface area contributed by atoms with Crippen molar-refractivity contribution in [2.24, 2.45) is 0 Å². The molecule has 284 valence electrons. The maximum absolute atomic E-state index is 15.6. The van der Waals surface area contributed by atoms with Crippen molar-refractivity contribution in [3.8, 4) is 5.75 Å². The van der Waals surface area contributed by atoms with E-state index in [2.05, 4.69) is 25.4 Å². The predicted molar refractivity (Wildman–Crippen MR) is 184 cm³/mol. The highest BCUT2D eigenvalue weighted by atomic mass is 35.5. The standard InChI is InChI=1S/C32H31ClF4N8O6.C2H6/c1-16-28(48)27(39-15-38-16)30(49)43-8-5-24(21(34)13-43)51-17(2)23-12-26(47)45-31(41-29(42-45)18-6-9-50-10-7-18)44(23)14-25(46)40-22-4-3-19(11-20(22)33)32(35,36)37;1-2/h3-4,6,11-12,15,17,21,24,48H,5,7-10,13-14H2,1-2H3,(H,40,46);1-2H3/t17-,21?,24?;/m1./s1. The number of nitrogens with one attached hydrogen (secondary N) is 1. The van der Waals surface area contributed by atoms with Crippen molar-refractivity contribution in [3.63, 3.8) is 0 Å². The average molecular weight is 765 g/mol. The van der Waals surface area contributed by atoms with Crippen molar-refractivity contribution >= 4 is 40.5 Å². The Labute approximate surface area is 305 Å². The number of amides is 2. The number of hydrogen-bond donors (Lipinski definition) is 2. The van der Waals surface area contributed by atoms with Crippen LogP contribution in [0.1, 0.15) is 73.0 Å². The van der Waals surface area contributed by atoms with Crippen LogP contribution < -0.4 is 10.9 Å². The molecular formula is C34H37ClF4N8O6. The lowest BCUT2D eigenvalue weighted by atomic mass is 10.0. The van der Waals surface area contributed by atoms with Crippen LogP contribution in [-0.2, 0) is 27.0 Å². The number of aryl methyl sites for hydroxylation is 1. The third kappa shape index (κ3) is 8.66. The van der Waals surface area contributed by atoms with Crippen LogP contribution in [0.15, 0.2) is 41.5 Å². The summed E-state index contributed by atoms with van der Waals surface area (Å²) in [5.41, 5.74) is -0.896. The number of rotatable bonds is 8. The fraction of sp³-hybridized carbons (Fsp3) is 0.441. The van der Waals surface area contributed by atoms with Crippen LogP contribution in [0.2, 0.25) is 5.02 Å². The van der Waals surface area contributed by atoms with Crippen LogP contribution in [0, 0.1) is 6.92 Å². The lowest BCUT2D eigenvalue weighted by molar-refractivity contribution is -0.137. The van der Waals surface area contributed by atoms with Gasteiger partial charge in [0.2, 0.25) is 11.7 Å². The van der Waals surface area contributed by atoms with Gasteiger partial charge in [0.25, 0.3) is 11.5 Å². The van der Waals surface area contributed by atoms with E-state index in [0.29, 0.717) is 25.7 Å². The Balaban J connectivity index is 0.00000266. The second-order valence-electron chi connectivity index (χ2n) is 12.0. The van der Waals surface area contributed by atoms with Gasteiger partial charge in [0.05, 0.1) is 59.6 Å². The van der Waals surface area contributed by atoms with E-state index in [1.54, 1.807) is 13.0 Å². The molecule has 19 heteroatoms. The van der Waals surface area contributed by atoms with E-state index < -0.39 is 59.8 Å². The fourth-order valence-electron chi connectivity index (χ4n) is 5.82. The number of anilines is 1. The van der Waals surface area contributed by atoms with Crippen molar-refractivity contribution in [1.82, 2.24) is 34.0 Å². The van der Waals surface area contributed by atoms with Crippen molar-refractivity contribution < 1.29 is 41.7 Å². The van der Waals surface area contributed by atoms with Crippen LogP contribution in [0.5, 0.6) is 5.75 Å². The van der Waals surface area contributed by atoms with Crippen molar-refractivity contribution in [1.29, 1.82) is 0 Å². The molecule has 1 saturated heterocycles. The quantitative estimate of drug-likeness (QED) is 0.229. The molecule has 6 rings (SSSR count). The number of halogens is 5. The summed E-state index contributed by atoms with van der Waals surface area (Å²) in [5.74, 6) is -1.61. The normalized spacial score (nSPS) is 18.2. The predicted octanol–water partition coefficient (Wildman–Crippen LogP) is 5.17. The number of carbonyl (C=O) groups is 2. The van der Waals surface area contributed by atoms with Gasteiger partial charge < -0.3 is 29.4 Å². The van der Waals surface area contributed by atoms with Crippen molar-refractivity contribution in [3.05, 3.63) is 80.5 Å². The van der Waals surface area contributed by atoms with E-state index in [4.69, 9.17) is 21.1 Å². The monoisotopic (exact) mass is 764 g/mol. The number of piperidine rings is 1. The zero-order valence-corrected chi connectivity index (χ0v) is 29.9. The summed E-state index contributed by atoms with van der Waals surface area (Å²) >= 11 is 6.07. The largest absolute Gasteiger partial charge is 0.504 e. The molecule has 0 spiro atoms. The van der Waals surface area contributed by atoms with Crippen LogP contribution in [0.3, 0.4) is 0 Å². The Bertz CT molecular complexity index is 2090. The van der Waals surface area contributed by atoms with Crippen molar-refractivity contribution in [2.75, 3.05) is 31.6 Å². The summed E-state index contributed by atoms with van der Waals surface area (Å²) in [5, 5.41) is 16.7. The molecule has 2 aliphatic rings. The molecule has 1 aromatic carbocycles. The van der Waals surface area contributed by atoms with E-state index in [-0.39, 0.29) is 58.9 Å². The zero-order chi connectivity index (χ0) is 38.6. The summed E-state index contributed by atoms with van der Waals surface area (Å²) in [4.78, 5) is 53.2. The van der Waals surface area contributed by atoms with Crippen LogP contribution >= 0.6 is 11.6 Å². The minimum Gasteiger partial charge on any atom is -0.504 e. The number of nitrogens with zero attached hydrogens (tertiary/aromatic N) is 7. The molecule has 53 heavy (non-hydrogen) atoms. The van der Waals surface area contributed by atoms with Crippen LogP contribution in [0.25, 0.3) is 11.4 Å². The maximum Gasteiger partial charge on any atom is 0.416 e. The van der Waals surface area contributed by atoms with Gasteiger partial charge in [-0.2, -0.15) is 22.7 Å². The van der Waals surface area contributed by atoms with Gasteiger partial charge in [0.15, 0.2) is 17.3 Å². The smallest absolute Gasteiger partial charge is 0.416 e. The number of carbonyl (C=O) groups excluding carboxylic acids is 2. The van der Waals surface area contributed by atoms with Gasteiger partial charge in [-0.25, -0.2) is 14.4 Å². The number of ether oxygens (including phenoxy) is 2. The van der Waals surface area contributed by atoms with Crippen molar-refractivity contribution in [2.45, 2.75) is 71.6 Å². The summed E-state index contributed by atoms with van der Waals surface area (Å²) in [6.07, 6.45) is -4.95. The van der Waals surface area contributed by atoms with E-state index in [0.717, 1.165) is 28.5 Å². The van der Waals surface area contributed by atoms with E-state index in [1.807, 2.05) is 13.8 Å². The van der Waals surface area contributed by atoms with Gasteiger partial charge in [0, 0.05) is 12.6 Å².